The van der Waals surface area contributed by atoms with E-state index < -0.39 is 6.04 Å². The largest absolute Gasteiger partial charge is 0.320 e. The topological polar surface area (TPSA) is 80.9 Å². The van der Waals surface area contributed by atoms with Crippen LogP contribution >= 0.6 is 23.1 Å². The molecule has 2 aromatic heterocycles. The maximum atomic E-state index is 12.2. The van der Waals surface area contributed by atoms with Gasteiger partial charge in [0.2, 0.25) is 5.91 Å². The third-order valence-electron chi connectivity index (χ3n) is 4.09. The predicted octanol–water partition coefficient (Wildman–Crippen LogP) is 4.20. The number of anilines is 1. The predicted molar refractivity (Wildman–Crippen MR) is 115 cm³/mol. The highest BCUT2D eigenvalue weighted by atomic mass is 32.2. The zero-order chi connectivity index (χ0) is 19.2. The van der Waals surface area contributed by atoms with Gasteiger partial charge >= 0.3 is 0 Å². The Morgan fingerprint density at radius 2 is 2.04 bits per heavy atom. The van der Waals surface area contributed by atoms with Crippen molar-refractivity contribution in [2.24, 2.45) is 5.73 Å². The van der Waals surface area contributed by atoms with E-state index in [-0.39, 0.29) is 5.91 Å². The number of hydrogen-bond acceptors (Lipinski definition) is 6. The molecule has 0 spiro atoms. The van der Waals surface area contributed by atoms with E-state index in [0.717, 1.165) is 33.8 Å². The smallest absolute Gasteiger partial charge is 0.243 e. The Bertz CT molecular complexity index is 926. The molecule has 1 amide bonds. The lowest BCUT2D eigenvalue weighted by molar-refractivity contribution is -0.117. The second kappa shape index (κ2) is 9.12. The number of benzene rings is 1. The molecule has 1 aromatic carbocycles. The van der Waals surface area contributed by atoms with Crippen molar-refractivity contribution in [3.05, 3.63) is 53.7 Å². The molecule has 7 heteroatoms. The van der Waals surface area contributed by atoms with Gasteiger partial charge < -0.3 is 11.1 Å². The van der Waals surface area contributed by atoms with Crippen LogP contribution in [0.3, 0.4) is 0 Å². The number of pyridine rings is 1. The third kappa shape index (κ3) is 5.15. The molecule has 3 rings (SSSR count). The maximum absolute atomic E-state index is 12.2. The summed E-state index contributed by atoms with van der Waals surface area (Å²) in [6.45, 7) is 1.98. The van der Waals surface area contributed by atoms with E-state index in [1.807, 2.05) is 43.0 Å². The normalized spacial score (nSPS) is 12.0. The van der Waals surface area contributed by atoms with Crippen LogP contribution in [0.2, 0.25) is 0 Å². The number of hydrogen-bond donors (Lipinski definition) is 2. The third-order valence-corrected chi connectivity index (χ3v) is 5.49. The van der Waals surface area contributed by atoms with Gasteiger partial charge in [-0.25, -0.2) is 4.98 Å². The monoisotopic (exact) mass is 398 g/mol. The summed E-state index contributed by atoms with van der Waals surface area (Å²) in [5, 5.41) is 5.33. The minimum atomic E-state index is -0.511. The van der Waals surface area contributed by atoms with E-state index in [0.29, 0.717) is 11.6 Å². The number of aromatic nitrogens is 2. The van der Waals surface area contributed by atoms with Gasteiger partial charge in [0.05, 0.1) is 11.7 Å². The molecular formula is C20H22N4OS2. The first kappa shape index (κ1) is 19.5. The van der Waals surface area contributed by atoms with E-state index in [1.165, 1.54) is 11.3 Å². The highest BCUT2D eigenvalue weighted by Gasteiger charge is 2.15. The number of thioether (sulfide) groups is 1. The SMILES string of the molecule is CSCCC(N)C(=O)Nc1nc(-c2cccc(-c3ccnc(C)c3)c2)cs1. The fourth-order valence-electron chi connectivity index (χ4n) is 2.62. The van der Waals surface area contributed by atoms with Crippen LogP contribution in [0.15, 0.2) is 48.0 Å². The molecule has 0 fully saturated rings. The number of rotatable bonds is 7. The lowest BCUT2D eigenvalue weighted by Crippen LogP contribution is -2.36. The summed E-state index contributed by atoms with van der Waals surface area (Å²) >= 11 is 3.08. The highest BCUT2D eigenvalue weighted by Crippen LogP contribution is 2.29. The molecule has 140 valence electrons. The number of nitrogens with two attached hydrogens (primary N) is 1. The fourth-order valence-corrected chi connectivity index (χ4v) is 3.83. The minimum absolute atomic E-state index is 0.189. The van der Waals surface area contributed by atoms with Crippen molar-refractivity contribution in [1.29, 1.82) is 0 Å². The van der Waals surface area contributed by atoms with E-state index in [9.17, 15) is 4.79 Å². The van der Waals surface area contributed by atoms with Crippen molar-refractivity contribution >= 4 is 34.1 Å². The molecule has 0 aliphatic rings. The summed E-state index contributed by atoms with van der Waals surface area (Å²) in [6, 6.07) is 11.7. The van der Waals surface area contributed by atoms with Crippen LogP contribution in [0.1, 0.15) is 12.1 Å². The first-order valence-corrected chi connectivity index (χ1v) is 10.9. The zero-order valence-corrected chi connectivity index (χ0v) is 16.9. The molecular weight excluding hydrogens is 376 g/mol. The molecule has 0 aliphatic carbocycles. The molecule has 0 saturated carbocycles. The number of amides is 1. The number of carbonyl (C=O) groups is 1. The Kier molecular flexibility index (Phi) is 6.60. The van der Waals surface area contributed by atoms with Crippen LogP contribution in [0.4, 0.5) is 5.13 Å². The van der Waals surface area contributed by atoms with Gasteiger partial charge in [-0.05, 0) is 54.7 Å². The second-order valence-electron chi connectivity index (χ2n) is 6.18. The summed E-state index contributed by atoms with van der Waals surface area (Å²) in [4.78, 5) is 20.9. The molecule has 1 unspecified atom stereocenters. The molecule has 5 nitrogen and oxygen atoms in total. The van der Waals surface area contributed by atoms with Crippen molar-refractivity contribution in [2.75, 3.05) is 17.3 Å². The molecule has 0 bridgehead atoms. The summed E-state index contributed by atoms with van der Waals surface area (Å²) in [5.41, 5.74) is 11.0. The number of carbonyl (C=O) groups excluding carboxylic acids is 1. The number of thiazole rings is 1. The average Bonchev–Trinajstić information content (AvgIpc) is 3.14. The molecule has 0 aliphatic heterocycles. The van der Waals surface area contributed by atoms with E-state index in [2.05, 4.69) is 33.5 Å². The van der Waals surface area contributed by atoms with Crippen LogP contribution in [0.25, 0.3) is 22.4 Å². The van der Waals surface area contributed by atoms with Crippen molar-refractivity contribution in [1.82, 2.24) is 9.97 Å². The van der Waals surface area contributed by atoms with Gasteiger partial charge in [-0.1, -0.05) is 18.2 Å². The van der Waals surface area contributed by atoms with Gasteiger partial charge in [-0.15, -0.1) is 11.3 Å². The molecule has 3 N–H and O–H groups in total. The lowest BCUT2D eigenvalue weighted by Gasteiger charge is -2.09. The number of aryl methyl sites for hydroxylation is 1. The van der Waals surface area contributed by atoms with Crippen molar-refractivity contribution < 1.29 is 4.79 Å². The standard InChI is InChI=1S/C20H22N4OS2/c1-13-10-15(6-8-22-13)14-4-3-5-16(11-14)18-12-27-20(23-18)24-19(25)17(21)7-9-26-2/h3-6,8,10-12,17H,7,9,21H2,1-2H3,(H,23,24,25). The molecule has 27 heavy (non-hydrogen) atoms. The van der Waals surface area contributed by atoms with Gasteiger partial charge in [0, 0.05) is 22.8 Å². The van der Waals surface area contributed by atoms with Gasteiger partial charge in [-0.2, -0.15) is 11.8 Å². The first-order chi connectivity index (χ1) is 13.1. The molecule has 0 saturated heterocycles. The average molecular weight is 399 g/mol. The number of nitrogens with zero attached hydrogens (tertiary/aromatic N) is 2. The van der Waals surface area contributed by atoms with Crippen molar-refractivity contribution in [3.63, 3.8) is 0 Å². The molecule has 1 atom stereocenters. The summed E-state index contributed by atoms with van der Waals surface area (Å²) < 4.78 is 0. The Morgan fingerprint density at radius 3 is 2.81 bits per heavy atom. The van der Waals surface area contributed by atoms with Crippen LogP contribution in [-0.4, -0.2) is 33.9 Å². The summed E-state index contributed by atoms with van der Waals surface area (Å²) in [5.74, 6) is 0.671. The second-order valence-corrected chi connectivity index (χ2v) is 8.03. The quantitative estimate of drug-likeness (QED) is 0.623. The fraction of sp³-hybridized carbons (Fsp3) is 0.250. The van der Waals surface area contributed by atoms with Crippen LogP contribution < -0.4 is 11.1 Å². The van der Waals surface area contributed by atoms with E-state index >= 15 is 0 Å². The summed E-state index contributed by atoms with van der Waals surface area (Å²) in [6.07, 6.45) is 4.46. The van der Waals surface area contributed by atoms with Crippen molar-refractivity contribution in [3.8, 4) is 22.4 Å². The Morgan fingerprint density at radius 1 is 1.26 bits per heavy atom. The van der Waals surface area contributed by atoms with E-state index in [1.54, 1.807) is 11.8 Å². The highest BCUT2D eigenvalue weighted by molar-refractivity contribution is 7.98. The first-order valence-electron chi connectivity index (χ1n) is 8.61. The van der Waals surface area contributed by atoms with Crippen LogP contribution in [-0.2, 0) is 4.79 Å². The Balaban J connectivity index is 1.75. The van der Waals surface area contributed by atoms with Gasteiger partial charge in [0.1, 0.15) is 0 Å². The van der Waals surface area contributed by atoms with Gasteiger partial charge in [0.15, 0.2) is 5.13 Å². The Labute approximate surface area is 167 Å². The number of nitrogens with one attached hydrogen (secondary N) is 1. The van der Waals surface area contributed by atoms with Gasteiger partial charge in [0.25, 0.3) is 0 Å². The molecule has 0 radical (unpaired) electrons. The van der Waals surface area contributed by atoms with Crippen LogP contribution in [0.5, 0.6) is 0 Å². The summed E-state index contributed by atoms with van der Waals surface area (Å²) in [7, 11) is 0. The molecule has 2 heterocycles. The Hall–Kier alpha value is -2.22. The minimum Gasteiger partial charge on any atom is -0.320 e. The van der Waals surface area contributed by atoms with Crippen molar-refractivity contribution in [2.45, 2.75) is 19.4 Å². The maximum Gasteiger partial charge on any atom is 0.243 e. The van der Waals surface area contributed by atoms with E-state index in [4.69, 9.17) is 5.73 Å². The zero-order valence-electron chi connectivity index (χ0n) is 15.3. The lowest BCUT2D eigenvalue weighted by atomic mass is 10.0. The van der Waals surface area contributed by atoms with Crippen LogP contribution in [0, 0.1) is 6.92 Å². The molecule has 3 aromatic rings. The van der Waals surface area contributed by atoms with Gasteiger partial charge in [-0.3, -0.25) is 9.78 Å².